The minimum Gasteiger partial charge on any atom is -0.383 e. The van der Waals surface area contributed by atoms with Crippen LogP contribution in [-0.4, -0.2) is 32.0 Å². The van der Waals surface area contributed by atoms with E-state index in [0.29, 0.717) is 13.2 Å². The van der Waals surface area contributed by atoms with Gasteiger partial charge in [-0.05, 0) is 19.1 Å². The van der Waals surface area contributed by atoms with Gasteiger partial charge in [0.15, 0.2) is 5.78 Å². The number of amides is 1. The molecule has 0 bridgehead atoms. The van der Waals surface area contributed by atoms with Gasteiger partial charge < -0.3 is 10.1 Å². The summed E-state index contributed by atoms with van der Waals surface area (Å²) >= 11 is 1.47. The van der Waals surface area contributed by atoms with Crippen molar-refractivity contribution in [3.63, 3.8) is 0 Å². The highest BCUT2D eigenvalue weighted by Gasteiger charge is 2.10. The van der Waals surface area contributed by atoms with Crippen LogP contribution in [0.3, 0.4) is 0 Å². The summed E-state index contributed by atoms with van der Waals surface area (Å²) in [5, 5.41) is 2.68. The molecule has 94 valence electrons. The average molecular weight is 255 g/mol. The molecule has 1 aromatic rings. The molecule has 0 atom stereocenters. The van der Waals surface area contributed by atoms with Gasteiger partial charge in [-0.25, -0.2) is 0 Å². The number of methoxy groups -OCH3 is 1. The van der Waals surface area contributed by atoms with Gasteiger partial charge in [0.1, 0.15) is 0 Å². The van der Waals surface area contributed by atoms with E-state index in [9.17, 15) is 9.59 Å². The zero-order valence-electron chi connectivity index (χ0n) is 10.1. The first-order valence-electron chi connectivity index (χ1n) is 5.48. The van der Waals surface area contributed by atoms with Crippen molar-refractivity contribution in [3.05, 3.63) is 21.9 Å². The maximum absolute atomic E-state index is 11.7. The van der Waals surface area contributed by atoms with E-state index in [1.807, 2.05) is 19.1 Å². The number of hydrogen-bond donors (Lipinski definition) is 1. The molecule has 0 spiro atoms. The molecule has 1 rings (SSSR count). The van der Waals surface area contributed by atoms with E-state index in [1.54, 1.807) is 7.11 Å². The second kappa shape index (κ2) is 7.19. The smallest absolute Gasteiger partial charge is 0.220 e. The summed E-state index contributed by atoms with van der Waals surface area (Å²) in [4.78, 5) is 24.9. The SMILES string of the molecule is COCCNC(=O)CCC(=O)c1ccc(C)s1. The Morgan fingerprint density at radius 1 is 1.35 bits per heavy atom. The molecule has 0 aliphatic carbocycles. The Morgan fingerprint density at radius 3 is 2.71 bits per heavy atom. The number of ketones is 1. The van der Waals surface area contributed by atoms with Crippen molar-refractivity contribution in [2.24, 2.45) is 0 Å². The third kappa shape index (κ3) is 5.10. The fourth-order valence-corrected chi connectivity index (χ4v) is 2.15. The lowest BCUT2D eigenvalue weighted by Gasteiger charge is -2.03. The second-order valence-corrected chi connectivity index (χ2v) is 4.96. The largest absolute Gasteiger partial charge is 0.383 e. The summed E-state index contributed by atoms with van der Waals surface area (Å²) in [7, 11) is 1.58. The molecule has 17 heavy (non-hydrogen) atoms. The first kappa shape index (κ1) is 13.9. The van der Waals surface area contributed by atoms with Crippen LogP contribution in [0.1, 0.15) is 27.4 Å². The molecule has 1 aromatic heterocycles. The van der Waals surface area contributed by atoms with Gasteiger partial charge in [0, 0.05) is 31.4 Å². The first-order chi connectivity index (χ1) is 8.13. The molecule has 5 heteroatoms. The number of aryl methyl sites for hydroxylation is 1. The van der Waals surface area contributed by atoms with E-state index in [4.69, 9.17) is 4.74 Å². The van der Waals surface area contributed by atoms with Crippen LogP contribution in [0.25, 0.3) is 0 Å². The molecule has 0 saturated carbocycles. The van der Waals surface area contributed by atoms with Gasteiger partial charge in [-0.2, -0.15) is 0 Å². The predicted octanol–water partition coefficient (Wildman–Crippen LogP) is 1.78. The van der Waals surface area contributed by atoms with E-state index < -0.39 is 0 Å². The van der Waals surface area contributed by atoms with Crippen molar-refractivity contribution in [2.45, 2.75) is 19.8 Å². The summed E-state index contributed by atoms with van der Waals surface area (Å²) in [5.74, 6) is -0.0753. The third-order valence-corrected chi connectivity index (χ3v) is 3.26. The molecule has 0 saturated heterocycles. The van der Waals surface area contributed by atoms with Gasteiger partial charge in [0.05, 0.1) is 11.5 Å². The molecular formula is C12H17NO3S. The number of thiophene rings is 1. The summed E-state index contributed by atoms with van der Waals surface area (Å²) in [6, 6.07) is 3.72. The molecule has 0 aromatic carbocycles. The predicted molar refractivity (Wildman–Crippen MR) is 67.5 cm³/mol. The zero-order valence-corrected chi connectivity index (χ0v) is 10.9. The van der Waals surface area contributed by atoms with Crippen molar-refractivity contribution >= 4 is 23.0 Å². The number of hydrogen-bond acceptors (Lipinski definition) is 4. The molecule has 0 radical (unpaired) electrons. The summed E-state index contributed by atoms with van der Waals surface area (Å²) in [6.07, 6.45) is 0.498. The minimum atomic E-state index is -0.108. The first-order valence-corrected chi connectivity index (χ1v) is 6.30. The standard InChI is InChI=1S/C12H17NO3S/c1-9-3-5-11(17-9)10(14)4-6-12(15)13-7-8-16-2/h3,5H,4,6-8H2,1-2H3,(H,13,15). The van der Waals surface area contributed by atoms with E-state index >= 15 is 0 Å². The molecule has 0 fully saturated rings. The number of ether oxygens (including phenoxy) is 1. The second-order valence-electron chi connectivity index (χ2n) is 3.68. The van der Waals surface area contributed by atoms with Crippen molar-refractivity contribution in [1.29, 1.82) is 0 Å². The van der Waals surface area contributed by atoms with Crippen LogP contribution in [0.5, 0.6) is 0 Å². The molecule has 1 heterocycles. The summed E-state index contributed by atoms with van der Waals surface area (Å²) < 4.78 is 4.81. The number of nitrogens with one attached hydrogen (secondary N) is 1. The normalized spacial score (nSPS) is 10.2. The Kier molecular flexibility index (Phi) is 5.86. The van der Waals surface area contributed by atoms with Gasteiger partial charge in [0.2, 0.25) is 5.91 Å². The maximum atomic E-state index is 11.7. The van der Waals surface area contributed by atoms with Crippen LogP contribution in [0.4, 0.5) is 0 Å². The number of carbonyl (C=O) groups is 2. The van der Waals surface area contributed by atoms with Crippen molar-refractivity contribution in [1.82, 2.24) is 5.32 Å². The Labute approximate surface area is 105 Å². The topological polar surface area (TPSA) is 55.4 Å². The van der Waals surface area contributed by atoms with Crippen LogP contribution in [0, 0.1) is 6.92 Å². The number of Topliss-reactive ketones (excluding diaryl/α,β-unsaturated/α-hetero) is 1. The third-order valence-electron chi connectivity index (χ3n) is 2.22. The van der Waals surface area contributed by atoms with E-state index in [0.717, 1.165) is 9.75 Å². The van der Waals surface area contributed by atoms with E-state index in [-0.39, 0.29) is 24.5 Å². The molecule has 0 unspecified atom stereocenters. The Bertz CT molecular complexity index is 387. The summed E-state index contributed by atoms with van der Waals surface area (Å²) in [5.41, 5.74) is 0. The van der Waals surface area contributed by atoms with Crippen molar-refractivity contribution < 1.29 is 14.3 Å². The van der Waals surface area contributed by atoms with Crippen molar-refractivity contribution in [3.8, 4) is 0 Å². The van der Waals surface area contributed by atoms with E-state index in [1.165, 1.54) is 11.3 Å². The van der Waals surface area contributed by atoms with Gasteiger partial charge in [-0.3, -0.25) is 9.59 Å². The van der Waals surface area contributed by atoms with Crippen LogP contribution >= 0.6 is 11.3 Å². The van der Waals surface area contributed by atoms with E-state index in [2.05, 4.69) is 5.32 Å². The van der Waals surface area contributed by atoms with Gasteiger partial charge in [-0.1, -0.05) is 0 Å². The monoisotopic (exact) mass is 255 g/mol. The average Bonchev–Trinajstić information content (AvgIpc) is 2.73. The Morgan fingerprint density at radius 2 is 2.12 bits per heavy atom. The molecular weight excluding hydrogens is 238 g/mol. The molecule has 1 N–H and O–H groups in total. The Balaban J connectivity index is 2.26. The van der Waals surface area contributed by atoms with Crippen LogP contribution < -0.4 is 5.32 Å². The lowest BCUT2D eigenvalue weighted by atomic mass is 10.2. The van der Waals surface area contributed by atoms with Crippen LogP contribution in [-0.2, 0) is 9.53 Å². The quantitative estimate of drug-likeness (QED) is 0.597. The highest BCUT2D eigenvalue weighted by molar-refractivity contribution is 7.14. The molecule has 0 aliphatic rings. The highest BCUT2D eigenvalue weighted by atomic mass is 32.1. The fraction of sp³-hybridized carbons (Fsp3) is 0.500. The lowest BCUT2D eigenvalue weighted by Crippen LogP contribution is -2.27. The van der Waals surface area contributed by atoms with Gasteiger partial charge in [0.25, 0.3) is 0 Å². The highest BCUT2D eigenvalue weighted by Crippen LogP contribution is 2.17. The van der Waals surface area contributed by atoms with Crippen LogP contribution in [0.2, 0.25) is 0 Å². The number of rotatable bonds is 7. The maximum Gasteiger partial charge on any atom is 0.220 e. The minimum absolute atomic E-state index is 0.0324. The lowest BCUT2D eigenvalue weighted by molar-refractivity contribution is -0.121. The molecule has 1 amide bonds. The van der Waals surface area contributed by atoms with Gasteiger partial charge >= 0.3 is 0 Å². The van der Waals surface area contributed by atoms with Gasteiger partial charge in [-0.15, -0.1) is 11.3 Å². The Hall–Kier alpha value is -1.20. The number of carbonyl (C=O) groups excluding carboxylic acids is 2. The molecule has 0 aliphatic heterocycles. The van der Waals surface area contributed by atoms with Crippen molar-refractivity contribution in [2.75, 3.05) is 20.3 Å². The zero-order chi connectivity index (χ0) is 12.7. The summed E-state index contributed by atoms with van der Waals surface area (Å²) in [6.45, 7) is 2.93. The fourth-order valence-electron chi connectivity index (χ4n) is 1.32. The van der Waals surface area contributed by atoms with Crippen LogP contribution in [0.15, 0.2) is 12.1 Å². The molecule has 4 nitrogen and oxygen atoms in total.